The number of carbonyl (C=O) groups is 2. The number of furan rings is 1. The molecule has 26 heavy (non-hydrogen) atoms. The Labute approximate surface area is 149 Å². The summed E-state index contributed by atoms with van der Waals surface area (Å²) in [6.07, 6.45) is 7.72. The fraction of sp³-hybridized carbons (Fsp3) is 0.316. The van der Waals surface area contributed by atoms with E-state index >= 15 is 0 Å². The molecule has 1 aliphatic heterocycles. The summed E-state index contributed by atoms with van der Waals surface area (Å²) in [7, 11) is 0. The summed E-state index contributed by atoms with van der Waals surface area (Å²) in [4.78, 5) is 29.7. The van der Waals surface area contributed by atoms with Crippen molar-refractivity contribution >= 4 is 18.0 Å². The maximum Gasteiger partial charge on any atom is 0.329 e. The van der Waals surface area contributed by atoms with Crippen LogP contribution in [0.2, 0.25) is 0 Å². The first-order valence-electron chi connectivity index (χ1n) is 8.70. The number of nitrogens with zero attached hydrogens (tertiary/aromatic N) is 2. The van der Waals surface area contributed by atoms with Crippen LogP contribution in [-0.2, 0) is 4.79 Å². The van der Waals surface area contributed by atoms with Crippen molar-refractivity contribution in [2.75, 3.05) is 0 Å². The molecule has 1 saturated carbocycles. The van der Waals surface area contributed by atoms with Gasteiger partial charge in [0.05, 0.1) is 5.56 Å². The number of carbonyl (C=O) groups excluding carboxylic acids is 2. The van der Waals surface area contributed by atoms with Crippen LogP contribution in [0.5, 0.6) is 0 Å². The molecule has 0 aromatic carbocycles. The number of halogens is 1. The van der Waals surface area contributed by atoms with Crippen molar-refractivity contribution in [3.05, 3.63) is 47.9 Å². The standard InChI is InChI=1S/C19H18FN3O3/c20-17-14(7-4-10-21-17)16-9-8-13(26-16)11-15-18(24)23(19(25)22-15)12-5-2-1-3-6-12/h4,7-12H,1-3,5-6H2,(H,22,25). The summed E-state index contributed by atoms with van der Waals surface area (Å²) in [5.41, 5.74) is 0.413. The molecule has 134 valence electrons. The molecule has 4 rings (SSSR count). The Kier molecular flexibility index (Phi) is 4.28. The van der Waals surface area contributed by atoms with Crippen LogP contribution in [0.15, 0.2) is 40.6 Å². The van der Waals surface area contributed by atoms with E-state index in [1.165, 1.54) is 17.2 Å². The average molecular weight is 355 g/mol. The molecule has 7 heteroatoms. The zero-order valence-electron chi connectivity index (χ0n) is 14.1. The monoisotopic (exact) mass is 355 g/mol. The van der Waals surface area contributed by atoms with Crippen molar-refractivity contribution in [2.24, 2.45) is 0 Å². The van der Waals surface area contributed by atoms with Gasteiger partial charge in [0, 0.05) is 18.3 Å². The van der Waals surface area contributed by atoms with Gasteiger partial charge in [-0.05, 0) is 37.1 Å². The highest BCUT2D eigenvalue weighted by Gasteiger charge is 2.39. The van der Waals surface area contributed by atoms with Crippen molar-refractivity contribution in [1.82, 2.24) is 15.2 Å². The van der Waals surface area contributed by atoms with Crippen LogP contribution in [0.25, 0.3) is 17.4 Å². The van der Waals surface area contributed by atoms with Crippen LogP contribution >= 0.6 is 0 Å². The minimum Gasteiger partial charge on any atom is -0.456 e. The molecule has 3 amide bonds. The lowest BCUT2D eigenvalue weighted by Gasteiger charge is -2.28. The predicted molar refractivity (Wildman–Crippen MR) is 92.1 cm³/mol. The quantitative estimate of drug-likeness (QED) is 0.517. The van der Waals surface area contributed by atoms with Crippen molar-refractivity contribution < 1.29 is 18.4 Å². The summed E-state index contributed by atoms with van der Waals surface area (Å²) in [5.74, 6) is -0.303. The normalized spacial score (nSPS) is 20.0. The largest absolute Gasteiger partial charge is 0.456 e. The van der Waals surface area contributed by atoms with Crippen LogP contribution in [-0.4, -0.2) is 27.9 Å². The lowest BCUT2D eigenvalue weighted by Crippen LogP contribution is -2.41. The molecule has 6 nitrogen and oxygen atoms in total. The second kappa shape index (κ2) is 6.74. The van der Waals surface area contributed by atoms with Crippen LogP contribution in [0.3, 0.4) is 0 Å². The number of urea groups is 1. The van der Waals surface area contributed by atoms with E-state index in [0.29, 0.717) is 11.5 Å². The van der Waals surface area contributed by atoms with Gasteiger partial charge in [-0.2, -0.15) is 4.39 Å². The number of rotatable bonds is 3. The third-order valence-electron chi connectivity index (χ3n) is 4.79. The van der Waals surface area contributed by atoms with E-state index in [1.807, 2.05) is 0 Å². The Bertz CT molecular complexity index is 884. The predicted octanol–water partition coefficient (Wildman–Crippen LogP) is 3.71. The summed E-state index contributed by atoms with van der Waals surface area (Å²) < 4.78 is 19.4. The van der Waals surface area contributed by atoms with Gasteiger partial charge in [0.25, 0.3) is 5.91 Å². The van der Waals surface area contributed by atoms with E-state index in [9.17, 15) is 14.0 Å². The average Bonchev–Trinajstić information content (AvgIpc) is 3.21. The van der Waals surface area contributed by atoms with Gasteiger partial charge < -0.3 is 9.73 Å². The maximum absolute atomic E-state index is 13.8. The number of amides is 3. The summed E-state index contributed by atoms with van der Waals surface area (Å²) in [6.45, 7) is 0. The molecule has 0 unspecified atom stereocenters. The minimum absolute atomic E-state index is 0.0428. The molecule has 3 heterocycles. The number of pyridine rings is 1. The zero-order valence-corrected chi connectivity index (χ0v) is 14.1. The van der Waals surface area contributed by atoms with Crippen LogP contribution in [0.4, 0.5) is 9.18 Å². The van der Waals surface area contributed by atoms with Gasteiger partial charge in [-0.1, -0.05) is 19.3 Å². The van der Waals surface area contributed by atoms with Crippen LogP contribution < -0.4 is 5.32 Å². The van der Waals surface area contributed by atoms with Crippen molar-refractivity contribution in [2.45, 2.75) is 38.1 Å². The van der Waals surface area contributed by atoms with Gasteiger partial charge in [-0.15, -0.1) is 0 Å². The summed E-state index contributed by atoms with van der Waals surface area (Å²) >= 11 is 0. The minimum atomic E-state index is -0.630. The first-order chi connectivity index (χ1) is 12.6. The molecule has 1 saturated heterocycles. The molecule has 2 fully saturated rings. The summed E-state index contributed by atoms with van der Waals surface area (Å²) in [5, 5.41) is 2.61. The van der Waals surface area contributed by atoms with E-state index in [0.717, 1.165) is 32.1 Å². The number of imide groups is 1. The molecule has 2 aromatic rings. The Balaban J connectivity index is 1.56. The van der Waals surface area contributed by atoms with E-state index in [4.69, 9.17) is 4.42 Å². The van der Waals surface area contributed by atoms with Crippen molar-refractivity contribution in [3.8, 4) is 11.3 Å². The first-order valence-corrected chi connectivity index (χ1v) is 8.70. The number of hydrogen-bond acceptors (Lipinski definition) is 4. The second-order valence-corrected chi connectivity index (χ2v) is 6.50. The third-order valence-corrected chi connectivity index (χ3v) is 4.79. The SMILES string of the molecule is O=C1NC(=Cc2ccc(-c3cccnc3F)o2)C(=O)N1C1CCCCC1. The van der Waals surface area contributed by atoms with Gasteiger partial charge >= 0.3 is 6.03 Å². The highest BCUT2D eigenvalue weighted by atomic mass is 19.1. The smallest absolute Gasteiger partial charge is 0.329 e. The Hall–Kier alpha value is -2.96. The number of aromatic nitrogens is 1. The molecule has 0 spiro atoms. The molecule has 2 aromatic heterocycles. The Morgan fingerprint density at radius 2 is 2.00 bits per heavy atom. The molecular formula is C19H18FN3O3. The highest BCUT2D eigenvalue weighted by Crippen LogP contribution is 2.28. The number of nitrogens with one attached hydrogen (secondary N) is 1. The fourth-order valence-corrected chi connectivity index (χ4v) is 3.51. The van der Waals surface area contributed by atoms with E-state index in [2.05, 4.69) is 10.3 Å². The third kappa shape index (κ3) is 3.00. The molecule has 0 bridgehead atoms. The van der Waals surface area contributed by atoms with Gasteiger partial charge in [0.2, 0.25) is 5.95 Å². The van der Waals surface area contributed by atoms with Gasteiger partial charge in [-0.3, -0.25) is 9.69 Å². The van der Waals surface area contributed by atoms with Crippen molar-refractivity contribution in [3.63, 3.8) is 0 Å². The van der Waals surface area contributed by atoms with Gasteiger partial charge in [0.15, 0.2) is 0 Å². The van der Waals surface area contributed by atoms with Crippen LogP contribution in [0, 0.1) is 5.95 Å². The van der Waals surface area contributed by atoms with E-state index in [-0.39, 0.29) is 23.2 Å². The lowest BCUT2D eigenvalue weighted by molar-refractivity contribution is -0.124. The zero-order chi connectivity index (χ0) is 18.1. The first kappa shape index (κ1) is 16.5. The van der Waals surface area contributed by atoms with Crippen molar-refractivity contribution in [1.29, 1.82) is 0 Å². The molecule has 0 atom stereocenters. The maximum atomic E-state index is 13.8. The molecule has 1 aliphatic carbocycles. The highest BCUT2D eigenvalue weighted by molar-refractivity contribution is 6.14. The summed E-state index contributed by atoms with van der Waals surface area (Å²) in [6, 6.07) is 5.97. The Morgan fingerprint density at radius 1 is 1.19 bits per heavy atom. The molecular weight excluding hydrogens is 337 g/mol. The topological polar surface area (TPSA) is 75.4 Å². The Morgan fingerprint density at radius 3 is 2.77 bits per heavy atom. The lowest BCUT2D eigenvalue weighted by atomic mass is 9.94. The molecule has 2 aliphatic rings. The molecule has 0 radical (unpaired) electrons. The number of hydrogen-bond donors (Lipinski definition) is 1. The second-order valence-electron chi connectivity index (χ2n) is 6.50. The van der Waals surface area contributed by atoms with E-state index in [1.54, 1.807) is 24.3 Å². The molecule has 1 N–H and O–H groups in total. The van der Waals surface area contributed by atoms with E-state index < -0.39 is 12.0 Å². The van der Waals surface area contributed by atoms with Gasteiger partial charge in [0.1, 0.15) is 17.2 Å². The van der Waals surface area contributed by atoms with Gasteiger partial charge in [-0.25, -0.2) is 9.78 Å². The fourth-order valence-electron chi connectivity index (χ4n) is 3.51. The van der Waals surface area contributed by atoms with Crippen LogP contribution in [0.1, 0.15) is 37.9 Å².